The molecule has 10 heteroatoms. The Morgan fingerprint density at radius 3 is 2.71 bits per heavy atom. The van der Waals surface area contributed by atoms with Crippen molar-refractivity contribution in [3.63, 3.8) is 0 Å². The van der Waals surface area contributed by atoms with E-state index < -0.39 is 28.9 Å². The maximum absolute atomic E-state index is 12.9. The summed E-state index contributed by atoms with van der Waals surface area (Å²) in [6.07, 6.45) is 1.34. The summed E-state index contributed by atoms with van der Waals surface area (Å²) in [5, 5.41) is 15.1. The molecule has 1 aromatic carbocycles. The molecule has 2 aliphatic heterocycles. The number of nitrogens with zero attached hydrogens (tertiary/aromatic N) is 2. The SMILES string of the molecule is CO/N=C/C1=C(C(=O)O)N2C(=O)[C@](NC(=O)Cc3ccccc3)(OC)[C@H]2SC1. The predicted molar refractivity (Wildman–Crippen MR) is 101 cm³/mol. The van der Waals surface area contributed by atoms with Crippen molar-refractivity contribution in [3.8, 4) is 0 Å². The Hall–Kier alpha value is -2.85. The van der Waals surface area contributed by atoms with Crippen LogP contribution in [-0.4, -0.2) is 65.1 Å². The van der Waals surface area contributed by atoms with Crippen LogP contribution in [0, 0.1) is 0 Å². The van der Waals surface area contributed by atoms with Gasteiger partial charge in [-0.2, -0.15) is 0 Å². The van der Waals surface area contributed by atoms with E-state index >= 15 is 0 Å². The number of aliphatic carboxylic acids is 1. The van der Waals surface area contributed by atoms with Gasteiger partial charge in [0.2, 0.25) is 5.91 Å². The lowest BCUT2D eigenvalue weighted by atomic mass is 9.97. The van der Waals surface area contributed by atoms with Gasteiger partial charge in [-0.25, -0.2) is 4.79 Å². The zero-order chi connectivity index (χ0) is 20.3. The molecule has 0 aromatic heterocycles. The molecule has 0 radical (unpaired) electrons. The Kier molecular flexibility index (Phi) is 5.71. The van der Waals surface area contributed by atoms with E-state index in [4.69, 9.17) is 4.74 Å². The average molecular weight is 405 g/mol. The zero-order valence-electron chi connectivity index (χ0n) is 15.2. The topological polar surface area (TPSA) is 118 Å². The lowest BCUT2D eigenvalue weighted by molar-refractivity contribution is -0.192. The van der Waals surface area contributed by atoms with Crippen LogP contribution in [0.1, 0.15) is 5.56 Å². The van der Waals surface area contributed by atoms with Crippen LogP contribution in [0.3, 0.4) is 0 Å². The fourth-order valence-corrected chi connectivity index (χ4v) is 4.54. The molecule has 1 fully saturated rings. The number of benzene rings is 1. The molecule has 2 atom stereocenters. The summed E-state index contributed by atoms with van der Waals surface area (Å²) in [6.45, 7) is 0. The number of carbonyl (C=O) groups excluding carboxylic acids is 2. The molecular formula is C18H19N3O6S. The number of hydrogen-bond acceptors (Lipinski definition) is 7. The molecule has 0 bridgehead atoms. The maximum Gasteiger partial charge on any atom is 0.353 e. The van der Waals surface area contributed by atoms with Gasteiger partial charge >= 0.3 is 5.97 Å². The molecule has 148 valence electrons. The van der Waals surface area contributed by atoms with Gasteiger partial charge in [-0.3, -0.25) is 14.5 Å². The van der Waals surface area contributed by atoms with Crippen LogP contribution in [0.4, 0.5) is 0 Å². The van der Waals surface area contributed by atoms with E-state index in [1.165, 1.54) is 32.2 Å². The molecule has 2 aliphatic rings. The number of oxime groups is 1. The van der Waals surface area contributed by atoms with E-state index in [0.29, 0.717) is 5.57 Å². The quantitative estimate of drug-likeness (QED) is 0.295. The maximum atomic E-state index is 12.9. The van der Waals surface area contributed by atoms with Crippen molar-refractivity contribution in [1.82, 2.24) is 10.2 Å². The number of carbonyl (C=O) groups is 3. The van der Waals surface area contributed by atoms with Crippen LogP contribution >= 0.6 is 11.8 Å². The zero-order valence-corrected chi connectivity index (χ0v) is 16.1. The Morgan fingerprint density at radius 2 is 2.11 bits per heavy atom. The fourth-order valence-electron chi connectivity index (χ4n) is 3.15. The lowest BCUT2D eigenvalue weighted by Gasteiger charge is -2.55. The molecule has 0 spiro atoms. The molecule has 28 heavy (non-hydrogen) atoms. The number of carboxylic acids is 1. The number of ether oxygens (including phenoxy) is 1. The molecule has 2 N–H and O–H groups in total. The standard InChI is InChI=1S/C18H19N3O6S/c1-26-18(20-13(22)8-11-6-4-3-5-7-11)16(25)21-14(15(23)24)12(9-19-27-2)10-28-17(18)21/h3-7,9,17H,8,10H2,1-2H3,(H,20,22)(H,23,24)/b19-9+/t17-,18+/m1/s1. The number of nitrogens with one attached hydrogen (secondary N) is 1. The summed E-state index contributed by atoms with van der Waals surface area (Å²) in [7, 11) is 2.65. The number of thioether (sulfide) groups is 1. The summed E-state index contributed by atoms with van der Waals surface area (Å²) in [5.74, 6) is -2.04. The third-order valence-corrected chi connectivity index (χ3v) is 5.77. The van der Waals surface area contributed by atoms with Crippen molar-refractivity contribution in [3.05, 3.63) is 47.2 Å². The van der Waals surface area contributed by atoms with Crippen molar-refractivity contribution in [2.45, 2.75) is 17.5 Å². The highest BCUT2D eigenvalue weighted by molar-refractivity contribution is 8.00. The second-order valence-corrected chi connectivity index (χ2v) is 7.15. The van der Waals surface area contributed by atoms with Gasteiger partial charge in [-0.15, -0.1) is 11.8 Å². The van der Waals surface area contributed by atoms with Crippen LogP contribution in [-0.2, 0) is 30.4 Å². The van der Waals surface area contributed by atoms with Crippen molar-refractivity contribution in [2.75, 3.05) is 20.0 Å². The number of hydrogen-bond donors (Lipinski definition) is 2. The number of carboxylic acid groups (broad SMARTS) is 1. The van der Waals surface area contributed by atoms with Crippen LogP contribution in [0.5, 0.6) is 0 Å². The van der Waals surface area contributed by atoms with Crippen molar-refractivity contribution >= 4 is 35.8 Å². The van der Waals surface area contributed by atoms with Gasteiger partial charge in [-0.05, 0) is 5.56 Å². The van der Waals surface area contributed by atoms with Crippen molar-refractivity contribution in [1.29, 1.82) is 0 Å². The largest absolute Gasteiger partial charge is 0.477 e. The van der Waals surface area contributed by atoms with Crippen LogP contribution < -0.4 is 5.32 Å². The van der Waals surface area contributed by atoms with E-state index in [0.717, 1.165) is 10.5 Å². The number of fused-ring (bicyclic) bond motifs is 1. The highest BCUT2D eigenvalue weighted by Crippen LogP contribution is 2.46. The minimum absolute atomic E-state index is 0.0734. The van der Waals surface area contributed by atoms with Crippen molar-refractivity contribution in [2.24, 2.45) is 5.16 Å². The average Bonchev–Trinajstić information content (AvgIpc) is 2.70. The summed E-state index contributed by atoms with van der Waals surface area (Å²) in [4.78, 5) is 42.8. The molecule has 0 saturated carbocycles. The fraction of sp³-hybridized carbons (Fsp3) is 0.333. The van der Waals surface area contributed by atoms with Crippen LogP contribution in [0.15, 0.2) is 46.8 Å². The van der Waals surface area contributed by atoms with Gasteiger partial charge < -0.3 is 20.0 Å². The summed E-state index contributed by atoms with van der Waals surface area (Å²) in [6, 6.07) is 9.07. The van der Waals surface area contributed by atoms with E-state index in [1.54, 1.807) is 12.1 Å². The van der Waals surface area contributed by atoms with E-state index in [9.17, 15) is 19.5 Å². The van der Waals surface area contributed by atoms with Crippen molar-refractivity contribution < 1.29 is 29.1 Å². The Labute approximate surface area is 165 Å². The first-order valence-corrected chi connectivity index (χ1v) is 9.37. The predicted octanol–water partition coefficient (Wildman–Crippen LogP) is 0.574. The van der Waals surface area contributed by atoms with Crippen LogP contribution in [0.2, 0.25) is 0 Å². The molecule has 0 aliphatic carbocycles. The second kappa shape index (κ2) is 8.03. The lowest BCUT2D eigenvalue weighted by Crippen LogP contribution is -2.80. The first kappa shape index (κ1) is 19.9. The number of amides is 2. The molecule has 9 nitrogen and oxygen atoms in total. The minimum atomic E-state index is -1.61. The van der Waals surface area contributed by atoms with Gasteiger partial charge in [0, 0.05) is 18.4 Å². The summed E-state index contributed by atoms with van der Waals surface area (Å²) in [5.41, 5.74) is -0.680. The monoisotopic (exact) mass is 405 g/mol. The third kappa shape index (κ3) is 3.36. The first-order valence-electron chi connectivity index (χ1n) is 8.33. The third-order valence-electron chi connectivity index (χ3n) is 4.43. The van der Waals surface area contributed by atoms with Gasteiger partial charge in [0.25, 0.3) is 11.6 Å². The normalized spacial score (nSPS) is 24.0. The molecule has 2 heterocycles. The van der Waals surface area contributed by atoms with Gasteiger partial charge in [0.05, 0.1) is 12.6 Å². The number of methoxy groups -OCH3 is 1. The highest BCUT2D eigenvalue weighted by atomic mass is 32.2. The van der Waals surface area contributed by atoms with Gasteiger partial charge in [-0.1, -0.05) is 35.5 Å². The number of rotatable bonds is 7. The molecule has 2 amide bonds. The highest BCUT2D eigenvalue weighted by Gasteiger charge is 2.66. The summed E-state index contributed by atoms with van der Waals surface area (Å²) < 4.78 is 5.39. The minimum Gasteiger partial charge on any atom is -0.477 e. The van der Waals surface area contributed by atoms with E-state index in [-0.39, 0.29) is 17.9 Å². The Balaban J connectivity index is 1.83. The van der Waals surface area contributed by atoms with E-state index in [1.807, 2.05) is 18.2 Å². The Bertz CT molecular complexity index is 856. The van der Waals surface area contributed by atoms with Gasteiger partial charge in [0.1, 0.15) is 18.2 Å². The number of β-lactam (4-membered cyclic amide) rings is 1. The van der Waals surface area contributed by atoms with Gasteiger partial charge in [0.15, 0.2) is 0 Å². The first-order chi connectivity index (χ1) is 13.4. The Morgan fingerprint density at radius 1 is 1.39 bits per heavy atom. The summed E-state index contributed by atoms with van der Waals surface area (Å²) >= 11 is 1.27. The molecule has 3 rings (SSSR count). The molecule has 1 saturated heterocycles. The molecule has 1 aromatic rings. The smallest absolute Gasteiger partial charge is 0.353 e. The van der Waals surface area contributed by atoms with E-state index in [2.05, 4.69) is 15.3 Å². The molecule has 0 unspecified atom stereocenters. The van der Waals surface area contributed by atoms with Crippen LogP contribution in [0.25, 0.3) is 0 Å². The second-order valence-electron chi connectivity index (χ2n) is 6.08. The molecular weight excluding hydrogens is 386 g/mol.